The van der Waals surface area contributed by atoms with Crippen molar-refractivity contribution in [2.75, 3.05) is 0 Å². The van der Waals surface area contributed by atoms with Crippen LogP contribution >= 0.6 is 15.9 Å². The lowest BCUT2D eigenvalue weighted by molar-refractivity contribution is -0.123. The molecule has 0 heterocycles. The van der Waals surface area contributed by atoms with E-state index in [4.69, 9.17) is 0 Å². The topological polar surface area (TPSA) is 41.1 Å². The first-order valence-electron chi connectivity index (χ1n) is 7.29. The van der Waals surface area contributed by atoms with Gasteiger partial charge in [0, 0.05) is 16.6 Å². The largest absolute Gasteiger partial charge is 0.353 e. The summed E-state index contributed by atoms with van der Waals surface area (Å²) in [5, 5.41) is 6.41. The van der Waals surface area contributed by atoms with E-state index in [0.717, 1.165) is 23.7 Å². The van der Waals surface area contributed by atoms with Gasteiger partial charge in [-0.3, -0.25) is 4.79 Å². The van der Waals surface area contributed by atoms with Gasteiger partial charge in [0.25, 0.3) is 0 Å². The van der Waals surface area contributed by atoms with E-state index in [2.05, 4.69) is 44.8 Å². The number of hydrogen-bond donors (Lipinski definition) is 2. The number of fused-ring (bicyclic) bond motifs is 1. The number of rotatable bonds is 4. The Morgan fingerprint density at radius 3 is 2.75 bits per heavy atom. The highest BCUT2D eigenvalue weighted by molar-refractivity contribution is 9.10. The third kappa shape index (κ3) is 4.06. The Balaban J connectivity index is 1.93. The van der Waals surface area contributed by atoms with Gasteiger partial charge in [0.15, 0.2) is 0 Å². The maximum absolute atomic E-state index is 11.9. The molecule has 0 aromatic heterocycles. The Hall–Kier alpha value is -0.870. The molecule has 0 aliphatic heterocycles. The molecule has 0 bridgehead atoms. The lowest BCUT2D eigenvalue weighted by Gasteiger charge is -2.28. The minimum Gasteiger partial charge on any atom is -0.353 e. The van der Waals surface area contributed by atoms with Gasteiger partial charge in [0.05, 0.1) is 6.04 Å². The summed E-state index contributed by atoms with van der Waals surface area (Å²) in [5.41, 5.74) is 2.82. The van der Waals surface area contributed by atoms with Crippen LogP contribution in [-0.4, -0.2) is 24.0 Å². The van der Waals surface area contributed by atoms with Crippen LogP contribution < -0.4 is 10.6 Å². The second kappa shape index (κ2) is 6.72. The van der Waals surface area contributed by atoms with Crippen LogP contribution in [0, 0.1) is 0 Å². The molecule has 1 aromatic carbocycles. The smallest absolute Gasteiger partial charge is 0.237 e. The number of benzene rings is 1. The van der Waals surface area contributed by atoms with Crippen LogP contribution in [0.5, 0.6) is 0 Å². The molecule has 0 saturated heterocycles. The third-order valence-electron chi connectivity index (χ3n) is 3.71. The standard InChI is InChI=1S/C16H23BrN2O/c1-10(2)18-16(20)11(3)19-15-7-5-12-8-14(17)6-4-13(12)9-15/h4,6,8,10-11,15,19H,5,7,9H2,1-3H3,(H,18,20). The maximum atomic E-state index is 11.9. The van der Waals surface area contributed by atoms with Crippen molar-refractivity contribution in [3.05, 3.63) is 33.8 Å². The van der Waals surface area contributed by atoms with E-state index in [1.54, 1.807) is 0 Å². The fourth-order valence-corrected chi connectivity index (χ4v) is 3.11. The molecule has 0 saturated carbocycles. The SMILES string of the molecule is CC(C)NC(=O)C(C)NC1CCc2cc(Br)ccc2C1. The lowest BCUT2D eigenvalue weighted by Crippen LogP contribution is -2.49. The van der Waals surface area contributed by atoms with Crippen molar-refractivity contribution in [1.82, 2.24) is 10.6 Å². The van der Waals surface area contributed by atoms with Crippen LogP contribution in [0.4, 0.5) is 0 Å². The molecule has 2 rings (SSSR count). The number of carbonyl (C=O) groups excluding carboxylic acids is 1. The Bertz CT molecular complexity index is 487. The molecule has 2 unspecified atom stereocenters. The van der Waals surface area contributed by atoms with E-state index in [0.29, 0.717) is 6.04 Å². The predicted molar refractivity (Wildman–Crippen MR) is 85.8 cm³/mol. The first-order valence-corrected chi connectivity index (χ1v) is 8.08. The average molecular weight is 339 g/mol. The summed E-state index contributed by atoms with van der Waals surface area (Å²) in [4.78, 5) is 11.9. The third-order valence-corrected chi connectivity index (χ3v) is 4.20. The molecule has 0 radical (unpaired) electrons. The Labute approximate surface area is 129 Å². The van der Waals surface area contributed by atoms with Gasteiger partial charge in [-0.1, -0.05) is 22.0 Å². The zero-order chi connectivity index (χ0) is 14.7. The van der Waals surface area contributed by atoms with E-state index in [9.17, 15) is 4.79 Å². The first kappa shape index (κ1) is 15.5. The van der Waals surface area contributed by atoms with Crippen molar-refractivity contribution in [3.63, 3.8) is 0 Å². The summed E-state index contributed by atoms with van der Waals surface area (Å²) in [7, 11) is 0. The number of hydrogen-bond acceptors (Lipinski definition) is 2. The van der Waals surface area contributed by atoms with Crippen molar-refractivity contribution in [1.29, 1.82) is 0 Å². The van der Waals surface area contributed by atoms with Gasteiger partial charge in [-0.2, -0.15) is 0 Å². The summed E-state index contributed by atoms with van der Waals surface area (Å²) in [6, 6.07) is 6.93. The molecule has 0 spiro atoms. The van der Waals surface area contributed by atoms with Crippen LogP contribution in [0.2, 0.25) is 0 Å². The molecule has 3 nitrogen and oxygen atoms in total. The van der Waals surface area contributed by atoms with E-state index in [1.165, 1.54) is 11.1 Å². The predicted octanol–water partition coefficient (Wildman–Crippen LogP) is 2.81. The van der Waals surface area contributed by atoms with Gasteiger partial charge in [0.1, 0.15) is 0 Å². The molecule has 1 amide bonds. The summed E-state index contributed by atoms with van der Waals surface area (Å²) >= 11 is 3.52. The van der Waals surface area contributed by atoms with Crippen molar-refractivity contribution >= 4 is 21.8 Å². The summed E-state index contributed by atoms with van der Waals surface area (Å²) in [6.45, 7) is 5.91. The fraction of sp³-hybridized carbons (Fsp3) is 0.562. The van der Waals surface area contributed by atoms with E-state index < -0.39 is 0 Å². The van der Waals surface area contributed by atoms with Crippen LogP contribution in [-0.2, 0) is 17.6 Å². The number of nitrogens with one attached hydrogen (secondary N) is 2. The number of aryl methyl sites for hydroxylation is 1. The highest BCUT2D eigenvalue weighted by Gasteiger charge is 2.22. The molecule has 1 aliphatic carbocycles. The van der Waals surface area contributed by atoms with Gasteiger partial charge in [0.2, 0.25) is 5.91 Å². The van der Waals surface area contributed by atoms with Crippen molar-refractivity contribution in [3.8, 4) is 0 Å². The van der Waals surface area contributed by atoms with Crippen molar-refractivity contribution in [2.45, 2.75) is 58.2 Å². The monoisotopic (exact) mass is 338 g/mol. The molecule has 1 aromatic rings. The van der Waals surface area contributed by atoms with Gasteiger partial charge >= 0.3 is 0 Å². The van der Waals surface area contributed by atoms with Crippen molar-refractivity contribution in [2.24, 2.45) is 0 Å². The number of halogens is 1. The zero-order valence-corrected chi connectivity index (χ0v) is 14.0. The van der Waals surface area contributed by atoms with Crippen LogP contribution in [0.25, 0.3) is 0 Å². The quantitative estimate of drug-likeness (QED) is 0.886. The maximum Gasteiger partial charge on any atom is 0.237 e. The molecule has 2 atom stereocenters. The Morgan fingerprint density at radius 2 is 2.05 bits per heavy atom. The molecular formula is C16H23BrN2O. The second-order valence-corrected chi connectivity index (χ2v) is 6.82. The average Bonchev–Trinajstić information content (AvgIpc) is 2.38. The summed E-state index contributed by atoms with van der Waals surface area (Å²) in [6.07, 6.45) is 3.16. The van der Waals surface area contributed by atoms with Crippen molar-refractivity contribution < 1.29 is 4.79 Å². The van der Waals surface area contributed by atoms with Gasteiger partial charge in [-0.15, -0.1) is 0 Å². The van der Waals surface area contributed by atoms with Gasteiger partial charge < -0.3 is 10.6 Å². The normalized spacial score (nSPS) is 19.6. The summed E-state index contributed by atoms with van der Waals surface area (Å²) in [5.74, 6) is 0.0848. The molecule has 0 fully saturated rings. The van der Waals surface area contributed by atoms with Gasteiger partial charge in [-0.05, 0) is 63.3 Å². The molecule has 20 heavy (non-hydrogen) atoms. The Kier molecular flexibility index (Phi) is 5.22. The van der Waals surface area contributed by atoms with Crippen LogP contribution in [0.15, 0.2) is 22.7 Å². The second-order valence-electron chi connectivity index (χ2n) is 5.90. The number of carbonyl (C=O) groups is 1. The molecule has 2 N–H and O–H groups in total. The highest BCUT2D eigenvalue weighted by Crippen LogP contribution is 2.25. The minimum atomic E-state index is -0.139. The summed E-state index contributed by atoms with van der Waals surface area (Å²) < 4.78 is 1.15. The fourth-order valence-electron chi connectivity index (χ4n) is 2.70. The molecular weight excluding hydrogens is 316 g/mol. The van der Waals surface area contributed by atoms with E-state index >= 15 is 0 Å². The number of amides is 1. The van der Waals surface area contributed by atoms with E-state index in [-0.39, 0.29) is 18.0 Å². The zero-order valence-electron chi connectivity index (χ0n) is 12.4. The van der Waals surface area contributed by atoms with Gasteiger partial charge in [-0.25, -0.2) is 0 Å². The van der Waals surface area contributed by atoms with E-state index in [1.807, 2.05) is 20.8 Å². The van der Waals surface area contributed by atoms with Crippen LogP contribution in [0.3, 0.4) is 0 Å². The Morgan fingerprint density at radius 1 is 1.30 bits per heavy atom. The highest BCUT2D eigenvalue weighted by atomic mass is 79.9. The first-order chi connectivity index (χ1) is 9.45. The van der Waals surface area contributed by atoms with Crippen LogP contribution in [0.1, 0.15) is 38.3 Å². The lowest BCUT2D eigenvalue weighted by atomic mass is 9.88. The molecule has 1 aliphatic rings. The minimum absolute atomic E-state index is 0.0848. The molecule has 4 heteroatoms. The molecule has 110 valence electrons.